The van der Waals surface area contributed by atoms with Gasteiger partial charge in [0.05, 0.1) is 23.7 Å². The molecule has 2 atom stereocenters. The molecule has 188 valence electrons. The van der Waals surface area contributed by atoms with Gasteiger partial charge in [0.25, 0.3) is 0 Å². The topological polar surface area (TPSA) is 144 Å². The third kappa shape index (κ3) is 5.83. The SMILES string of the molecule is Cc1noc(-c2ccc(NC(=O)[C@H]3CCCC[C@@H]3C(=O)O)cn2)c1NC(=O)OCc1ccccc1Cl. The van der Waals surface area contributed by atoms with E-state index in [1.807, 2.05) is 0 Å². The first-order valence-electron chi connectivity index (χ1n) is 11.5. The molecule has 1 saturated carbocycles. The Morgan fingerprint density at radius 2 is 1.86 bits per heavy atom. The second-order valence-electron chi connectivity index (χ2n) is 8.52. The van der Waals surface area contributed by atoms with E-state index in [4.69, 9.17) is 20.9 Å². The summed E-state index contributed by atoms with van der Waals surface area (Å²) in [6.07, 6.45) is 3.37. The van der Waals surface area contributed by atoms with Gasteiger partial charge >= 0.3 is 12.1 Å². The molecule has 1 fully saturated rings. The van der Waals surface area contributed by atoms with Crippen LogP contribution in [0.25, 0.3) is 11.5 Å². The van der Waals surface area contributed by atoms with Crippen LogP contribution in [0.5, 0.6) is 0 Å². The first-order chi connectivity index (χ1) is 17.3. The highest BCUT2D eigenvalue weighted by Gasteiger charge is 2.35. The molecule has 3 aromatic rings. The van der Waals surface area contributed by atoms with E-state index in [1.165, 1.54) is 6.20 Å². The lowest BCUT2D eigenvalue weighted by Gasteiger charge is -2.27. The molecule has 1 aliphatic rings. The van der Waals surface area contributed by atoms with E-state index in [2.05, 4.69) is 20.8 Å². The van der Waals surface area contributed by atoms with E-state index >= 15 is 0 Å². The van der Waals surface area contributed by atoms with E-state index < -0.39 is 23.9 Å². The van der Waals surface area contributed by atoms with Gasteiger partial charge in [-0.1, -0.05) is 47.8 Å². The largest absolute Gasteiger partial charge is 0.481 e. The molecule has 0 saturated heterocycles. The van der Waals surface area contributed by atoms with Crippen LogP contribution in [0, 0.1) is 18.8 Å². The molecule has 2 heterocycles. The number of benzene rings is 1. The average Bonchev–Trinajstić information content (AvgIpc) is 3.23. The monoisotopic (exact) mass is 512 g/mol. The number of nitrogens with zero attached hydrogens (tertiary/aromatic N) is 2. The van der Waals surface area contributed by atoms with E-state index in [0.717, 1.165) is 12.8 Å². The second-order valence-corrected chi connectivity index (χ2v) is 8.93. The predicted molar refractivity (Wildman–Crippen MR) is 131 cm³/mol. The molecule has 36 heavy (non-hydrogen) atoms. The summed E-state index contributed by atoms with van der Waals surface area (Å²) in [6.45, 7) is 1.65. The molecule has 10 nitrogen and oxygen atoms in total. The third-order valence-corrected chi connectivity index (χ3v) is 6.46. The summed E-state index contributed by atoms with van der Waals surface area (Å²) in [5.74, 6) is -2.33. The highest BCUT2D eigenvalue weighted by molar-refractivity contribution is 6.31. The van der Waals surface area contributed by atoms with Gasteiger partial charge in [-0.15, -0.1) is 0 Å². The highest BCUT2D eigenvalue weighted by Crippen LogP contribution is 2.33. The van der Waals surface area contributed by atoms with Crippen molar-refractivity contribution in [1.82, 2.24) is 10.1 Å². The van der Waals surface area contributed by atoms with Crippen molar-refractivity contribution in [3.63, 3.8) is 0 Å². The van der Waals surface area contributed by atoms with Gasteiger partial charge in [0, 0.05) is 10.6 Å². The van der Waals surface area contributed by atoms with Gasteiger partial charge in [0.1, 0.15) is 23.7 Å². The summed E-state index contributed by atoms with van der Waals surface area (Å²) >= 11 is 6.09. The smallest absolute Gasteiger partial charge is 0.412 e. The van der Waals surface area contributed by atoms with Crippen molar-refractivity contribution in [2.75, 3.05) is 10.6 Å². The van der Waals surface area contributed by atoms with Crippen LogP contribution in [0.1, 0.15) is 36.9 Å². The maximum absolute atomic E-state index is 12.7. The predicted octanol–water partition coefficient (Wildman–Crippen LogP) is 5.28. The van der Waals surface area contributed by atoms with Crippen molar-refractivity contribution in [3.05, 3.63) is 58.9 Å². The van der Waals surface area contributed by atoms with Gasteiger partial charge in [0.2, 0.25) is 11.7 Å². The number of carboxylic acid groups (broad SMARTS) is 1. The van der Waals surface area contributed by atoms with Gasteiger partial charge in [-0.25, -0.2) is 4.79 Å². The molecule has 4 rings (SSSR count). The number of aromatic nitrogens is 2. The first kappa shape index (κ1) is 25.2. The molecule has 0 bridgehead atoms. The molecule has 1 aromatic carbocycles. The summed E-state index contributed by atoms with van der Waals surface area (Å²) in [6, 6.07) is 10.3. The number of hydrogen-bond donors (Lipinski definition) is 3. The third-order valence-electron chi connectivity index (χ3n) is 6.09. The van der Waals surface area contributed by atoms with Crippen LogP contribution >= 0.6 is 11.6 Å². The molecule has 2 aromatic heterocycles. The maximum Gasteiger partial charge on any atom is 0.412 e. The number of rotatable bonds is 7. The van der Waals surface area contributed by atoms with Crippen LogP contribution in [0.4, 0.5) is 16.2 Å². The lowest BCUT2D eigenvalue weighted by Crippen LogP contribution is -2.36. The maximum atomic E-state index is 12.7. The van der Waals surface area contributed by atoms with Crippen molar-refractivity contribution in [1.29, 1.82) is 0 Å². The molecule has 0 aliphatic heterocycles. The summed E-state index contributed by atoms with van der Waals surface area (Å²) in [7, 11) is 0. The molecular formula is C25H25ClN4O6. The minimum atomic E-state index is -0.950. The number of carboxylic acids is 1. The lowest BCUT2D eigenvalue weighted by molar-refractivity contribution is -0.147. The fraction of sp³-hybridized carbons (Fsp3) is 0.320. The zero-order valence-corrected chi connectivity index (χ0v) is 20.2. The van der Waals surface area contributed by atoms with Crippen molar-refractivity contribution >= 4 is 40.9 Å². The van der Waals surface area contributed by atoms with Gasteiger partial charge in [-0.2, -0.15) is 0 Å². The van der Waals surface area contributed by atoms with E-state index in [9.17, 15) is 19.5 Å². The Morgan fingerprint density at radius 1 is 1.11 bits per heavy atom. The fourth-order valence-corrected chi connectivity index (χ4v) is 4.36. The van der Waals surface area contributed by atoms with Crippen LogP contribution in [0.3, 0.4) is 0 Å². The highest BCUT2D eigenvalue weighted by atomic mass is 35.5. The second kappa shape index (κ2) is 11.2. The van der Waals surface area contributed by atoms with Crippen LogP contribution in [-0.2, 0) is 20.9 Å². The van der Waals surface area contributed by atoms with Crippen molar-refractivity contribution in [2.24, 2.45) is 11.8 Å². The summed E-state index contributed by atoms with van der Waals surface area (Å²) in [5, 5.41) is 19.2. The van der Waals surface area contributed by atoms with Crippen molar-refractivity contribution in [3.8, 4) is 11.5 Å². The molecule has 11 heteroatoms. The minimum Gasteiger partial charge on any atom is -0.481 e. The van der Waals surface area contributed by atoms with Crippen LogP contribution in [-0.4, -0.2) is 33.2 Å². The first-order valence-corrected chi connectivity index (χ1v) is 11.8. The number of halogens is 1. The number of amides is 2. The normalized spacial score (nSPS) is 17.3. The fourth-order valence-electron chi connectivity index (χ4n) is 4.17. The molecule has 0 unspecified atom stereocenters. The molecule has 0 spiro atoms. The summed E-state index contributed by atoms with van der Waals surface area (Å²) in [5.41, 5.74) is 2.18. The number of aryl methyl sites for hydroxylation is 1. The number of aliphatic carboxylic acids is 1. The van der Waals surface area contributed by atoms with Gasteiger partial charge in [-0.05, 0) is 38.0 Å². The Bertz CT molecular complexity index is 1260. The summed E-state index contributed by atoms with van der Waals surface area (Å²) in [4.78, 5) is 40.9. The van der Waals surface area contributed by atoms with Gasteiger partial charge < -0.3 is 19.7 Å². The molecule has 2 amide bonds. The van der Waals surface area contributed by atoms with Crippen LogP contribution < -0.4 is 10.6 Å². The quantitative estimate of drug-likeness (QED) is 0.388. The van der Waals surface area contributed by atoms with E-state index in [1.54, 1.807) is 43.3 Å². The number of ether oxygens (including phenoxy) is 1. The number of carbonyl (C=O) groups excluding carboxylic acids is 2. The van der Waals surface area contributed by atoms with Crippen LogP contribution in [0.15, 0.2) is 47.1 Å². The number of nitrogens with one attached hydrogen (secondary N) is 2. The minimum absolute atomic E-state index is 0.0124. The lowest BCUT2D eigenvalue weighted by atomic mass is 9.78. The van der Waals surface area contributed by atoms with Crippen LogP contribution in [0.2, 0.25) is 5.02 Å². The number of anilines is 2. The number of carbonyl (C=O) groups is 3. The Hall–Kier alpha value is -3.92. The Kier molecular flexibility index (Phi) is 7.84. The number of pyridine rings is 1. The van der Waals surface area contributed by atoms with Gasteiger partial charge in [0.15, 0.2) is 0 Å². The van der Waals surface area contributed by atoms with Crippen molar-refractivity contribution < 1.29 is 28.8 Å². The van der Waals surface area contributed by atoms with Crippen molar-refractivity contribution in [2.45, 2.75) is 39.2 Å². The van der Waals surface area contributed by atoms with E-state index in [-0.39, 0.29) is 18.3 Å². The standard InChI is InChI=1S/C25H25ClN4O6/c1-14-21(29-25(34)35-13-15-6-2-5-9-19(15)26)22(36-30-14)20-11-10-16(12-27-20)28-23(31)17-7-3-4-8-18(17)24(32)33/h2,5-6,9-12,17-18H,3-4,7-8,13H2,1H3,(H,28,31)(H,29,34)(H,32,33)/t17-,18-/m0/s1. The zero-order valence-electron chi connectivity index (χ0n) is 19.5. The summed E-state index contributed by atoms with van der Waals surface area (Å²) < 4.78 is 10.6. The van der Waals surface area contributed by atoms with E-state index in [0.29, 0.717) is 46.2 Å². The Balaban J connectivity index is 1.41. The van der Waals surface area contributed by atoms with Gasteiger partial charge in [-0.3, -0.25) is 19.9 Å². The zero-order chi connectivity index (χ0) is 25.7. The molecule has 1 aliphatic carbocycles. The Morgan fingerprint density at radius 3 is 2.56 bits per heavy atom. The number of hydrogen-bond acceptors (Lipinski definition) is 7. The molecular weight excluding hydrogens is 488 g/mol. The average molecular weight is 513 g/mol. The molecule has 3 N–H and O–H groups in total. The molecule has 0 radical (unpaired) electrons. The Labute approximate surface area is 212 Å².